The standard InChI is InChI=1S/C14H18O6/c1-3-20-13(17)7-11(16)14(18)9-4-5-12(19-2)10(6-9)8-15/h4-6,8,11,14,16,18H,3,7H2,1-2H3. The summed E-state index contributed by atoms with van der Waals surface area (Å²) in [6.07, 6.45) is -2.32. The van der Waals surface area contributed by atoms with Gasteiger partial charge in [0, 0.05) is 0 Å². The first-order valence-electron chi connectivity index (χ1n) is 6.18. The second-order valence-electron chi connectivity index (χ2n) is 4.14. The smallest absolute Gasteiger partial charge is 0.308 e. The van der Waals surface area contributed by atoms with E-state index in [2.05, 4.69) is 0 Å². The topological polar surface area (TPSA) is 93.1 Å². The number of ether oxygens (including phenoxy) is 2. The van der Waals surface area contributed by atoms with Crippen LogP contribution in [-0.4, -0.2) is 42.3 Å². The SMILES string of the molecule is CCOC(=O)CC(O)C(O)c1ccc(OC)c(C=O)c1. The third kappa shape index (κ3) is 4.04. The zero-order valence-corrected chi connectivity index (χ0v) is 11.4. The van der Waals surface area contributed by atoms with Crippen molar-refractivity contribution in [2.75, 3.05) is 13.7 Å². The molecule has 0 fully saturated rings. The lowest BCUT2D eigenvalue weighted by molar-refractivity contribution is -0.147. The van der Waals surface area contributed by atoms with Crippen molar-refractivity contribution in [2.45, 2.75) is 25.6 Å². The number of methoxy groups -OCH3 is 1. The highest BCUT2D eigenvalue weighted by atomic mass is 16.5. The third-order valence-electron chi connectivity index (χ3n) is 2.77. The molecule has 1 aromatic carbocycles. The van der Waals surface area contributed by atoms with E-state index < -0.39 is 18.2 Å². The molecule has 0 aliphatic carbocycles. The van der Waals surface area contributed by atoms with Gasteiger partial charge in [0.15, 0.2) is 6.29 Å². The zero-order chi connectivity index (χ0) is 15.1. The van der Waals surface area contributed by atoms with Crippen molar-refractivity contribution in [3.05, 3.63) is 29.3 Å². The van der Waals surface area contributed by atoms with Gasteiger partial charge in [0.05, 0.1) is 31.8 Å². The van der Waals surface area contributed by atoms with Gasteiger partial charge < -0.3 is 19.7 Å². The summed E-state index contributed by atoms with van der Waals surface area (Å²) >= 11 is 0. The first-order chi connectivity index (χ1) is 9.53. The van der Waals surface area contributed by atoms with Gasteiger partial charge >= 0.3 is 5.97 Å². The van der Waals surface area contributed by atoms with E-state index in [0.717, 1.165) is 0 Å². The van der Waals surface area contributed by atoms with Crippen molar-refractivity contribution in [3.63, 3.8) is 0 Å². The lowest BCUT2D eigenvalue weighted by atomic mass is 10.00. The highest BCUT2D eigenvalue weighted by Gasteiger charge is 2.22. The Hall–Kier alpha value is -1.92. The first-order valence-corrected chi connectivity index (χ1v) is 6.18. The Morgan fingerprint density at radius 2 is 2.10 bits per heavy atom. The van der Waals surface area contributed by atoms with Gasteiger partial charge in [-0.1, -0.05) is 6.07 Å². The maximum atomic E-state index is 11.2. The Morgan fingerprint density at radius 1 is 1.40 bits per heavy atom. The van der Waals surface area contributed by atoms with Gasteiger partial charge in [0.25, 0.3) is 0 Å². The minimum absolute atomic E-state index is 0.208. The molecule has 0 heterocycles. The van der Waals surface area contributed by atoms with E-state index in [9.17, 15) is 19.8 Å². The summed E-state index contributed by atoms with van der Waals surface area (Å²) in [7, 11) is 1.42. The Bertz CT molecular complexity index is 471. The van der Waals surface area contributed by atoms with Crippen molar-refractivity contribution < 1.29 is 29.3 Å². The summed E-state index contributed by atoms with van der Waals surface area (Å²) < 4.78 is 9.67. The zero-order valence-electron chi connectivity index (χ0n) is 11.4. The molecule has 1 aromatic rings. The van der Waals surface area contributed by atoms with Crippen LogP contribution in [0.25, 0.3) is 0 Å². The second-order valence-corrected chi connectivity index (χ2v) is 4.14. The molecule has 0 saturated carbocycles. The largest absolute Gasteiger partial charge is 0.496 e. The number of carbonyl (C=O) groups is 2. The number of aldehydes is 1. The highest BCUT2D eigenvalue weighted by Crippen LogP contribution is 2.25. The molecule has 2 atom stereocenters. The number of esters is 1. The molecular formula is C14H18O6. The fraction of sp³-hybridized carbons (Fsp3) is 0.429. The van der Waals surface area contributed by atoms with E-state index in [-0.39, 0.29) is 18.6 Å². The quantitative estimate of drug-likeness (QED) is 0.569. The van der Waals surface area contributed by atoms with Gasteiger partial charge in [-0.25, -0.2) is 0 Å². The number of aliphatic hydroxyl groups excluding tert-OH is 2. The molecule has 20 heavy (non-hydrogen) atoms. The molecule has 2 unspecified atom stereocenters. The summed E-state index contributed by atoms with van der Waals surface area (Å²) in [5, 5.41) is 19.8. The van der Waals surface area contributed by atoms with Gasteiger partial charge in [0.2, 0.25) is 0 Å². The predicted octanol–water partition coefficient (Wildman–Crippen LogP) is 0.855. The average Bonchev–Trinajstić information content (AvgIpc) is 2.45. The van der Waals surface area contributed by atoms with E-state index in [1.165, 1.54) is 25.3 Å². The van der Waals surface area contributed by atoms with Gasteiger partial charge in [0.1, 0.15) is 11.9 Å². The van der Waals surface area contributed by atoms with Crippen molar-refractivity contribution >= 4 is 12.3 Å². The molecule has 0 aromatic heterocycles. The normalized spacial score (nSPS) is 13.4. The third-order valence-corrected chi connectivity index (χ3v) is 2.77. The van der Waals surface area contributed by atoms with Crippen molar-refractivity contribution in [3.8, 4) is 5.75 Å². The molecule has 0 aliphatic rings. The summed E-state index contributed by atoms with van der Waals surface area (Å²) in [4.78, 5) is 22.1. The minimum atomic E-state index is -1.30. The van der Waals surface area contributed by atoms with E-state index in [0.29, 0.717) is 17.6 Å². The van der Waals surface area contributed by atoms with Gasteiger partial charge in [-0.3, -0.25) is 9.59 Å². The Balaban J connectivity index is 2.83. The molecule has 6 heteroatoms. The number of aliphatic hydroxyl groups is 2. The number of rotatable bonds is 7. The summed E-state index contributed by atoms with van der Waals surface area (Å²) in [5.74, 6) is -0.223. The monoisotopic (exact) mass is 282 g/mol. The first kappa shape index (κ1) is 16.1. The van der Waals surface area contributed by atoms with Gasteiger partial charge in [-0.05, 0) is 24.6 Å². The maximum Gasteiger partial charge on any atom is 0.308 e. The van der Waals surface area contributed by atoms with Crippen molar-refractivity contribution in [2.24, 2.45) is 0 Å². The minimum Gasteiger partial charge on any atom is -0.496 e. The molecule has 0 bridgehead atoms. The Kier molecular flexibility index (Phi) is 6.14. The van der Waals surface area contributed by atoms with Gasteiger partial charge in [-0.15, -0.1) is 0 Å². The van der Waals surface area contributed by atoms with Crippen LogP contribution in [0.2, 0.25) is 0 Å². The van der Waals surface area contributed by atoms with E-state index in [1.807, 2.05) is 0 Å². The Morgan fingerprint density at radius 3 is 2.65 bits per heavy atom. The molecular weight excluding hydrogens is 264 g/mol. The molecule has 0 aliphatic heterocycles. The average molecular weight is 282 g/mol. The molecule has 110 valence electrons. The number of benzene rings is 1. The van der Waals surface area contributed by atoms with Crippen LogP contribution in [0.5, 0.6) is 5.75 Å². The lowest BCUT2D eigenvalue weighted by Gasteiger charge is -2.18. The molecule has 2 N–H and O–H groups in total. The van der Waals surface area contributed by atoms with E-state index in [4.69, 9.17) is 9.47 Å². The molecule has 1 rings (SSSR count). The van der Waals surface area contributed by atoms with E-state index in [1.54, 1.807) is 6.92 Å². The molecule has 0 spiro atoms. The fourth-order valence-electron chi connectivity index (χ4n) is 1.75. The van der Waals surface area contributed by atoms with Gasteiger partial charge in [-0.2, -0.15) is 0 Å². The molecule has 0 radical (unpaired) electrons. The van der Waals surface area contributed by atoms with Crippen LogP contribution in [0.1, 0.15) is 35.4 Å². The number of hydrogen-bond acceptors (Lipinski definition) is 6. The van der Waals surface area contributed by atoms with Crippen molar-refractivity contribution in [1.82, 2.24) is 0 Å². The summed E-state index contributed by atoms with van der Waals surface area (Å²) in [6.45, 7) is 1.86. The predicted molar refractivity (Wildman–Crippen MR) is 70.6 cm³/mol. The maximum absolute atomic E-state index is 11.2. The van der Waals surface area contributed by atoms with E-state index >= 15 is 0 Å². The van der Waals surface area contributed by atoms with Crippen LogP contribution < -0.4 is 4.74 Å². The van der Waals surface area contributed by atoms with Crippen LogP contribution in [0.4, 0.5) is 0 Å². The second kappa shape index (κ2) is 7.62. The lowest BCUT2D eigenvalue weighted by Crippen LogP contribution is -2.23. The summed E-state index contributed by atoms with van der Waals surface area (Å²) in [5.41, 5.74) is 0.581. The molecule has 0 saturated heterocycles. The van der Waals surface area contributed by atoms with Crippen LogP contribution >= 0.6 is 0 Å². The van der Waals surface area contributed by atoms with Crippen LogP contribution in [0.15, 0.2) is 18.2 Å². The number of carbonyl (C=O) groups excluding carboxylic acids is 2. The number of hydrogen-bond donors (Lipinski definition) is 2. The highest BCUT2D eigenvalue weighted by molar-refractivity contribution is 5.79. The van der Waals surface area contributed by atoms with Crippen LogP contribution in [0.3, 0.4) is 0 Å². The Labute approximate surface area is 116 Å². The van der Waals surface area contributed by atoms with Crippen LogP contribution in [-0.2, 0) is 9.53 Å². The summed E-state index contributed by atoms with van der Waals surface area (Å²) in [6, 6.07) is 4.44. The molecule has 6 nitrogen and oxygen atoms in total. The molecule has 0 amide bonds. The fourth-order valence-corrected chi connectivity index (χ4v) is 1.75. The van der Waals surface area contributed by atoms with Crippen LogP contribution in [0, 0.1) is 0 Å². The van der Waals surface area contributed by atoms with Crippen molar-refractivity contribution in [1.29, 1.82) is 0 Å².